The Kier molecular flexibility index (Phi) is 7.18. The molecule has 0 aliphatic carbocycles. The Hall–Kier alpha value is -1.98. The van der Waals surface area contributed by atoms with Crippen LogP contribution in [0.2, 0.25) is 0 Å². The van der Waals surface area contributed by atoms with Crippen LogP contribution in [-0.4, -0.2) is 37.2 Å². The fourth-order valence-corrected chi connectivity index (χ4v) is 3.51. The van der Waals surface area contributed by atoms with Crippen molar-refractivity contribution in [2.45, 2.75) is 53.1 Å². The lowest BCUT2D eigenvalue weighted by Crippen LogP contribution is -2.43. The number of hydrogen-bond acceptors (Lipinski definition) is 2. The van der Waals surface area contributed by atoms with Gasteiger partial charge in [-0.1, -0.05) is 46.3 Å². The van der Waals surface area contributed by atoms with Crippen molar-refractivity contribution in [3.8, 4) is 5.75 Å². The predicted octanol–water partition coefficient (Wildman–Crippen LogP) is 5.73. The molecular weight excluding hydrogens is 367 g/mol. The summed E-state index contributed by atoms with van der Waals surface area (Å²) in [5.41, 5.74) is 3.20. The van der Waals surface area contributed by atoms with Crippen LogP contribution >= 0.6 is 0 Å². The van der Waals surface area contributed by atoms with Crippen molar-refractivity contribution in [3.05, 3.63) is 34.9 Å². The Labute approximate surface area is 165 Å². The molecule has 1 aliphatic rings. The highest BCUT2D eigenvalue weighted by Crippen LogP contribution is 2.36. The minimum absolute atomic E-state index is 0.0612. The molecule has 2 rings (SSSR count). The molecule has 1 amide bonds. The largest absolute Gasteiger partial charge is 0.496 e. The molecule has 1 aromatic rings. The molecule has 1 heterocycles. The summed E-state index contributed by atoms with van der Waals surface area (Å²) in [5, 5.41) is 0. The summed E-state index contributed by atoms with van der Waals surface area (Å²) in [6.45, 7) is 7.42. The van der Waals surface area contributed by atoms with E-state index >= 15 is 0 Å². The van der Waals surface area contributed by atoms with Gasteiger partial charge in [0, 0.05) is 6.54 Å². The first-order valence-electron chi connectivity index (χ1n) is 9.90. The van der Waals surface area contributed by atoms with Crippen molar-refractivity contribution in [2.75, 3.05) is 20.2 Å². The zero-order valence-electron chi connectivity index (χ0n) is 17.3. The van der Waals surface area contributed by atoms with Gasteiger partial charge in [-0.2, -0.15) is 13.2 Å². The molecule has 3 nitrogen and oxygen atoms in total. The molecule has 2 atom stereocenters. The number of rotatable bonds is 7. The van der Waals surface area contributed by atoms with E-state index in [0.717, 1.165) is 28.9 Å². The van der Waals surface area contributed by atoms with Crippen LogP contribution in [0.5, 0.6) is 5.75 Å². The molecule has 0 N–H and O–H groups in total. The molecule has 28 heavy (non-hydrogen) atoms. The number of carbonyl (C=O) groups is 1. The standard InChI is InChI=1S/C22H30F3NO2/c1-6-14(3)10-18(15(4)7-2)17-11-16-8-9-26(13-22(23,24)25)21(27)20(16)19(12-17)28-5/h10-12,14-15H,6-9,13H2,1-5H3/b18-10+. The van der Waals surface area contributed by atoms with Gasteiger partial charge in [0.1, 0.15) is 12.3 Å². The lowest BCUT2D eigenvalue weighted by Gasteiger charge is -2.31. The number of benzene rings is 1. The van der Waals surface area contributed by atoms with Crippen molar-refractivity contribution in [2.24, 2.45) is 11.8 Å². The van der Waals surface area contributed by atoms with Gasteiger partial charge in [0.15, 0.2) is 0 Å². The van der Waals surface area contributed by atoms with E-state index < -0.39 is 18.6 Å². The second-order valence-corrected chi connectivity index (χ2v) is 7.62. The van der Waals surface area contributed by atoms with Crippen LogP contribution in [0.1, 0.15) is 62.0 Å². The topological polar surface area (TPSA) is 29.5 Å². The van der Waals surface area contributed by atoms with Crippen LogP contribution < -0.4 is 4.74 Å². The van der Waals surface area contributed by atoms with Gasteiger partial charge in [0.05, 0.1) is 12.7 Å². The van der Waals surface area contributed by atoms with E-state index in [-0.39, 0.29) is 12.1 Å². The Bertz CT molecular complexity index is 723. The molecular formula is C22H30F3NO2. The molecule has 0 bridgehead atoms. The van der Waals surface area contributed by atoms with Crippen LogP contribution in [0.25, 0.3) is 5.57 Å². The van der Waals surface area contributed by atoms with E-state index in [1.165, 1.54) is 12.7 Å². The summed E-state index contributed by atoms with van der Waals surface area (Å²) in [6, 6.07) is 3.76. The lowest BCUT2D eigenvalue weighted by molar-refractivity contribution is -0.141. The fourth-order valence-electron chi connectivity index (χ4n) is 3.51. The number of allylic oxidation sites excluding steroid dienone is 2. The van der Waals surface area contributed by atoms with Gasteiger partial charge in [-0.15, -0.1) is 0 Å². The molecule has 1 aliphatic heterocycles. The minimum atomic E-state index is -4.41. The van der Waals surface area contributed by atoms with Crippen LogP contribution in [0.15, 0.2) is 18.2 Å². The molecule has 0 aromatic heterocycles. The number of halogens is 3. The van der Waals surface area contributed by atoms with Crippen molar-refractivity contribution in [1.82, 2.24) is 4.90 Å². The number of amides is 1. The lowest BCUT2D eigenvalue weighted by atomic mass is 9.85. The van der Waals surface area contributed by atoms with Crippen molar-refractivity contribution in [1.29, 1.82) is 0 Å². The SMILES string of the molecule is CCC(C)/C=C(/c1cc2c(c(OC)c1)C(=O)N(CC(F)(F)F)CC2)C(C)CC. The third-order valence-corrected chi connectivity index (χ3v) is 5.51. The number of hydrogen-bond donors (Lipinski definition) is 0. The Morgan fingerprint density at radius 2 is 1.93 bits per heavy atom. The smallest absolute Gasteiger partial charge is 0.406 e. The number of fused-ring (bicyclic) bond motifs is 1. The maximum Gasteiger partial charge on any atom is 0.406 e. The summed E-state index contributed by atoms with van der Waals surface area (Å²) in [5.74, 6) is 0.480. The average Bonchev–Trinajstić information content (AvgIpc) is 2.65. The van der Waals surface area contributed by atoms with E-state index in [2.05, 4.69) is 33.8 Å². The molecule has 0 spiro atoms. The zero-order valence-corrected chi connectivity index (χ0v) is 17.3. The summed E-state index contributed by atoms with van der Waals surface area (Å²) in [6.07, 6.45) is 0.227. The summed E-state index contributed by atoms with van der Waals surface area (Å²) >= 11 is 0. The van der Waals surface area contributed by atoms with Crippen LogP contribution in [-0.2, 0) is 6.42 Å². The Morgan fingerprint density at radius 3 is 2.46 bits per heavy atom. The summed E-state index contributed by atoms with van der Waals surface area (Å²) in [7, 11) is 1.46. The third-order valence-electron chi connectivity index (χ3n) is 5.51. The monoisotopic (exact) mass is 397 g/mol. The minimum Gasteiger partial charge on any atom is -0.496 e. The highest BCUT2D eigenvalue weighted by molar-refractivity contribution is 6.00. The van der Waals surface area contributed by atoms with Crippen LogP contribution in [0.3, 0.4) is 0 Å². The molecule has 0 saturated heterocycles. The Balaban J connectivity index is 2.51. The van der Waals surface area contributed by atoms with Gasteiger partial charge in [-0.25, -0.2) is 0 Å². The normalized spacial score (nSPS) is 17.4. The predicted molar refractivity (Wildman–Crippen MR) is 106 cm³/mol. The van der Waals surface area contributed by atoms with E-state index in [0.29, 0.717) is 24.0 Å². The Morgan fingerprint density at radius 1 is 1.25 bits per heavy atom. The summed E-state index contributed by atoms with van der Waals surface area (Å²) < 4.78 is 43.8. The first-order valence-corrected chi connectivity index (χ1v) is 9.90. The van der Waals surface area contributed by atoms with Gasteiger partial charge < -0.3 is 9.64 Å². The van der Waals surface area contributed by atoms with Gasteiger partial charge in [0.2, 0.25) is 0 Å². The number of ether oxygens (including phenoxy) is 1. The summed E-state index contributed by atoms with van der Waals surface area (Å²) in [4.78, 5) is 13.6. The van der Waals surface area contributed by atoms with Gasteiger partial charge in [0.25, 0.3) is 5.91 Å². The van der Waals surface area contributed by atoms with E-state index in [1.54, 1.807) is 6.07 Å². The van der Waals surface area contributed by atoms with Crippen molar-refractivity contribution in [3.63, 3.8) is 0 Å². The fraction of sp³-hybridized carbons (Fsp3) is 0.591. The molecule has 0 fully saturated rings. The molecule has 2 unspecified atom stereocenters. The maximum atomic E-state index is 12.8. The van der Waals surface area contributed by atoms with Crippen LogP contribution in [0.4, 0.5) is 13.2 Å². The number of alkyl halides is 3. The van der Waals surface area contributed by atoms with Gasteiger partial charge in [-0.05, 0) is 47.4 Å². The number of nitrogens with zero attached hydrogens (tertiary/aromatic N) is 1. The second-order valence-electron chi connectivity index (χ2n) is 7.62. The third kappa shape index (κ3) is 5.09. The van der Waals surface area contributed by atoms with Gasteiger partial charge in [-0.3, -0.25) is 4.79 Å². The van der Waals surface area contributed by atoms with E-state index in [1.807, 2.05) is 6.07 Å². The zero-order chi connectivity index (χ0) is 21.1. The van der Waals surface area contributed by atoms with E-state index in [4.69, 9.17) is 4.74 Å². The number of methoxy groups -OCH3 is 1. The first kappa shape index (κ1) is 22.3. The first-order chi connectivity index (χ1) is 13.1. The highest BCUT2D eigenvalue weighted by atomic mass is 19.4. The second kappa shape index (κ2) is 9.01. The number of carbonyl (C=O) groups excluding carboxylic acids is 1. The van der Waals surface area contributed by atoms with Crippen molar-refractivity contribution < 1.29 is 22.7 Å². The quantitative estimate of drug-likeness (QED) is 0.588. The highest BCUT2D eigenvalue weighted by Gasteiger charge is 2.37. The molecule has 156 valence electrons. The van der Waals surface area contributed by atoms with E-state index in [9.17, 15) is 18.0 Å². The average molecular weight is 397 g/mol. The van der Waals surface area contributed by atoms with Gasteiger partial charge >= 0.3 is 6.18 Å². The molecule has 1 aromatic carbocycles. The maximum absolute atomic E-state index is 12.8. The molecule has 0 saturated carbocycles. The van der Waals surface area contributed by atoms with Crippen molar-refractivity contribution >= 4 is 11.5 Å². The molecule has 6 heteroatoms. The van der Waals surface area contributed by atoms with Crippen LogP contribution in [0, 0.1) is 11.8 Å². The molecule has 0 radical (unpaired) electrons.